The highest BCUT2D eigenvalue weighted by atomic mass is 79.9. The molecule has 0 aliphatic carbocycles. The number of carbonyl (C=O) groups is 1. The van der Waals surface area contributed by atoms with E-state index in [9.17, 15) is 9.18 Å². The van der Waals surface area contributed by atoms with Crippen LogP contribution in [-0.2, 0) is 0 Å². The molecule has 0 aromatic heterocycles. The van der Waals surface area contributed by atoms with Gasteiger partial charge in [0.05, 0.1) is 5.56 Å². The highest BCUT2D eigenvalue weighted by molar-refractivity contribution is 9.10. The molecular weight excluding hydrogens is 309 g/mol. The molecular formula is C15H19BrFNO. The van der Waals surface area contributed by atoms with Crippen LogP contribution in [0.25, 0.3) is 0 Å². The second-order valence-corrected chi connectivity index (χ2v) is 6.41. The molecule has 1 aliphatic heterocycles. The minimum Gasteiger partial charge on any atom is -0.339 e. The number of hydrogen-bond donors (Lipinski definition) is 0. The van der Waals surface area contributed by atoms with Gasteiger partial charge in [-0.1, -0.05) is 29.8 Å². The van der Waals surface area contributed by atoms with Gasteiger partial charge in [0.25, 0.3) is 5.91 Å². The average molecular weight is 328 g/mol. The molecule has 0 spiro atoms. The number of amides is 1. The molecule has 1 saturated heterocycles. The van der Waals surface area contributed by atoms with Crippen molar-refractivity contribution in [2.24, 2.45) is 11.8 Å². The minimum atomic E-state index is -0.445. The highest BCUT2D eigenvalue weighted by Crippen LogP contribution is 2.26. The zero-order valence-electron chi connectivity index (χ0n) is 11.3. The maximum atomic E-state index is 13.7. The number of rotatable bonds is 2. The van der Waals surface area contributed by atoms with Gasteiger partial charge in [-0.25, -0.2) is 4.39 Å². The molecule has 0 radical (unpaired) electrons. The molecule has 1 fully saturated rings. The van der Waals surface area contributed by atoms with Crippen LogP contribution in [0.5, 0.6) is 0 Å². The second-order valence-electron chi connectivity index (χ2n) is 5.50. The van der Waals surface area contributed by atoms with Crippen molar-refractivity contribution in [3.8, 4) is 0 Å². The van der Waals surface area contributed by atoms with Crippen molar-refractivity contribution in [2.45, 2.75) is 26.7 Å². The average Bonchev–Trinajstić information content (AvgIpc) is 2.41. The molecule has 0 bridgehead atoms. The maximum Gasteiger partial charge on any atom is 0.256 e. The molecule has 19 heavy (non-hydrogen) atoms. The fourth-order valence-electron chi connectivity index (χ4n) is 2.60. The van der Waals surface area contributed by atoms with Crippen LogP contribution in [0.4, 0.5) is 4.39 Å². The molecule has 1 heterocycles. The molecule has 1 aromatic carbocycles. The fourth-order valence-corrected chi connectivity index (χ4v) is 2.96. The van der Waals surface area contributed by atoms with Gasteiger partial charge in [0.2, 0.25) is 0 Å². The molecule has 2 nitrogen and oxygen atoms in total. The van der Waals surface area contributed by atoms with Crippen LogP contribution in [0, 0.1) is 17.7 Å². The van der Waals surface area contributed by atoms with Crippen molar-refractivity contribution in [3.05, 3.63) is 34.1 Å². The van der Waals surface area contributed by atoms with Crippen LogP contribution < -0.4 is 0 Å². The van der Waals surface area contributed by atoms with Crippen LogP contribution in [0.2, 0.25) is 0 Å². The van der Waals surface area contributed by atoms with Gasteiger partial charge in [-0.3, -0.25) is 4.79 Å². The Morgan fingerprint density at radius 3 is 2.58 bits per heavy atom. The van der Waals surface area contributed by atoms with Gasteiger partial charge >= 0.3 is 0 Å². The van der Waals surface area contributed by atoms with Crippen LogP contribution >= 0.6 is 15.9 Å². The molecule has 104 valence electrons. The summed E-state index contributed by atoms with van der Waals surface area (Å²) in [4.78, 5) is 14.1. The van der Waals surface area contributed by atoms with Crippen LogP contribution in [0.1, 0.15) is 37.0 Å². The number of nitrogens with zero attached hydrogens (tertiary/aromatic N) is 1. The van der Waals surface area contributed by atoms with E-state index in [1.807, 2.05) is 0 Å². The maximum absolute atomic E-state index is 13.7. The standard InChI is InChI=1S/C15H19BrFNO/c1-10(2)11-5-7-18(8-6-11)15(19)13-9-12(16)3-4-14(13)17/h3-4,9-11H,5-8H2,1-2H3. The lowest BCUT2D eigenvalue weighted by molar-refractivity contribution is 0.0663. The van der Waals surface area contributed by atoms with E-state index in [1.165, 1.54) is 6.07 Å². The molecule has 0 unspecified atom stereocenters. The molecule has 0 saturated carbocycles. The van der Waals surface area contributed by atoms with Gasteiger partial charge in [-0.2, -0.15) is 0 Å². The Kier molecular flexibility index (Phi) is 4.61. The first-order chi connectivity index (χ1) is 8.99. The van der Waals surface area contributed by atoms with E-state index < -0.39 is 5.82 Å². The van der Waals surface area contributed by atoms with Crippen molar-refractivity contribution in [2.75, 3.05) is 13.1 Å². The van der Waals surface area contributed by atoms with Gasteiger partial charge in [-0.05, 0) is 42.9 Å². The summed E-state index contributed by atoms with van der Waals surface area (Å²) in [5.74, 6) is 0.691. The lowest BCUT2D eigenvalue weighted by atomic mass is 9.86. The van der Waals surface area contributed by atoms with Crippen molar-refractivity contribution in [1.82, 2.24) is 4.90 Å². The predicted octanol–water partition coefficient (Wildman–Crippen LogP) is 4.10. The third kappa shape index (κ3) is 3.35. The van der Waals surface area contributed by atoms with Crippen LogP contribution in [0.15, 0.2) is 22.7 Å². The number of benzene rings is 1. The largest absolute Gasteiger partial charge is 0.339 e. The molecule has 2 rings (SSSR count). The summed E-state index contributed by atoms with van der Waals surface area (Å²) in [5, 5.41) is 0. The quantitative estimate of drug-likeness (QED) is 0.800. The Morgan fingerprint density at radius 2 is 2.00 bits per heavy atom. The monoisotopic (exact) mass is 327 g/mol. The first-order valence-electron chi connectivity index (χ1n) is 6.73. The summed E-state index contributed by atoms with van der Waals surface area (Å²) in [5.41, 5.74) is 0.164. The Bertz CT molecular complexity index is 467. The number of halogens is 2. The van der Waals surface area contributed by atoms with Gasteiger partial charge in [0, 0.05) is 17.6 Å². The number of hydrogen-bond acceptors (Lipinski definition) is 1. The van der Waals surface area contributed by atoms with Crippen LogP contribution in [-0.4, -0.2) is 23.9 Å². The second kappa shape index (κ2) is 6.04. The summed E-state index contributed by atoms with van der Waals surface area (Å²) >= 11 is 3.28. The van der Waals surface area contributed by atoms with Crippen molar-refractivity contribution >= 4 is 21.8 Å². The lowest BCUT2D eigenvalue weighted by Crippen LogP contribution is -2.39. The van der Waals surface area contributed by atoms with E-state index in [0.29, 0.717) is 11.8 Å². The normalized spacial score (nSPS) is 17.0. The zero-order chi connectivity index (χ0) is 14.0. The third-order valence-corrected chi connectivity index (χ3v) is 4.42. The number of likely N-dealkylation sites (tertiary alicyclic amines) is 1. The van der Waals surface area contributed by atoms with E-state index >= 15 is 0 Å². The molecule has 1 amide bonds. The Labute approximate surface area is 122 Å². The number of piperidine rings is 1. The van der Waals surface area contributed by atoms with Gasteiger partial charge < -0.3 is 4.90 Å². The molecule has 4 heteroatoms. The van der Waals surface area contributed by atoms with E-state index in [1.54, 1.807) is 17.0 Å². The van der Waals surface area contributed by atoms with Crippen molar-refractivity contribution in [3.63, 3.8) is 0 Å². The fraction of sp³-hybridized carbons (Fsp3) is 0.533. The van der Waals surface area contributed by atoms with E-state index in [-0.39, 0.29) is 11.5 Å². The third-order valence-electron chi connectivity index (χ3n) is 3.93. The lowest BCUT2D eigenvalue weighted by Gasteiger charge is -2.34. The highest BCUT2D eigenvalue weighted by Gasteiger charge is 2.26. The topological polar surface area (TPSA) is 20.3 Å². The van der Waals surface area contributed by atoms with Crippen LogP contribution in [0.3, 0.4) is 0 Å². The number of carbonyl (C=O) groups excluding carboxylic acids is 1. The van der Waals surface area contributed by atoms with Gasteiger partial charge in [0.1, 0.15) is 5.82 Å². The van der Waals surface area contributed by atoms with Crippen molar-refractivity contribution < 1.29 is 9.18 Å². The smallest absolute Gasteiger partial charge is 0.256 e. The van der Waals surface area contributed by atoms with Crippen molar-refractivity contribution in [1.29, 1.82) is 0 Å². The summed E-state index contributed by atoms with van der Waals surface area (Å²) in [6, 6.07) is 4.50. The zero-order valence-corrected chi connectivity index (χ0v) is 12.9. The first kappa shape index (κ1) is 14.5. The van der Waals surface area contributed by atoms with Gasteiger partial charge in [0.15, 0.2) is 0 Å². The summed E-state index contributed by atoms with van der Waals surface area (Å²) in [6.45, 7) is 5.90. The molecule has 0 N–H and O–H groups in total. The molecule has 1 aromatic rings. The SMILES string of the molecule is CC(C)C1CCN(C(=O)c2cc(Br)ccc2F)CC1. The van der Waals surface area contributed by atoms with E-state index in [2.05, 4.69) is 29.8 Å². The van der Waals surface area contributed by atoms with Gasteiger partial charge in [-0.15, -0.1) is 0 Å². The predicted molar refractivity (Wildman–Crippen MR) is 77.6 cm³/mol. The summed E-state index contributed by atoms with van der Waals surface area (Å²) in [7, 11) is 0. The Balaban J connectivity index is 2.07. The molecule has 1 aliphatic rings. The van der Waals surface area contributed by atoms with E-state index in [4.69, 9.17) is 0 Å². The summed E-state index contributed by atoms with van der Waals surface area (Å²) in [6.07, 6.45) is 2.03. The minimum absolute atomic E-state index is 0.164. The Morgan fingerprint density at radius 1 is 1.37 bits per heavy atom. The summed E-state index contributed by atoms with van der Waals surface area (Å²) < 4.78 is 14.4. The van der Waals surface area contributed by atoms with E-state index in [0.717, 1.165) is 30.4 Å². The Hall–Kier alpha value is -0.900. The first-order valence-corrected chi connectivity index (χ1v) is 7.52. The molecule has 0 atom stereocenters.